The van der Waals surface area contributed by atoms with Crippen LogP contribution in [0.3, 0.4) is 0 Å². The van der Waals surface area contributed by atoms with Crippen molar-refractivity contribution < 1.29 is 14.0 Å². The molecule has 3 heterocycles. The third kappa shape index (κ3) is 3.28. The lowest BCUT2D eigenvalue weighted by atomic mass is 9.96. The van der Waals surface area contributed by atoms with Crippen molar-refractivity contribution in [3.8, 4) is 0 Å². The highest BCUT2D eigenvalue weighted by atomic mass is 19.1. The summed E-state index contributed by atoms with van der Waals surface area (Å²) in [7, 11) is 0. The summed E-state index contributed by atoms with van der Waals surface area (Å²) in [5, 5.41) is 0. The number of rotatable bonds is 4. The number of benzene rings is 1. The number of aromatic amines is 1. The highest BCUT2D eigenvalue weighted by Gasteiger charge is 2.39. The maximum atomic E-state index is 13.9. The Kier molecular flexibility index (Phi) is 4.57. The van der Waals surface area contributed by atoms with Crippen LogP contribution in [0.5, 0.6) is 0 Å². The number of nitrogens with zero attached hydrogens (tertiary/aromatic N) is 3. The molecule has 0 spiro atoms. The van der Waals surface area contributed by atoms with Crippen LogP contribution in [-0.2, 0) is 6.54 Å². The molecule has 0 saturated carbocycles. The van der Waals surface area contributed by atoms with Crippen molar-refractivity contribution in [3.05, 3.63) is 63.6 Å². The minimum atomic E-state index is -0.649. The second-order valence-electron chi connectivity index (χ2n) is 6.97. The number of fused-ring (bicyclic) bond motifs is 1. The first-order valence-corrected chi connectivity index (χ1v) is 8.94. The van der Waals surface area contributed by atoms with Crippen molar-refractivity contribution in [3.63, 3.8) is 0 Å². The maximum absolute atomic E-state index is 13.9. The number of piperidine rings is 1. The van der Waals surface area contributed by atoms with Gasteiger partial charge < -0.3 is 4.98 Å². The van der Waals surface area contributed by atoms with Crippen LogP contribution in [0.15, 0.2) is 35.4 Å². The van der Waals surface area contributed by atoms with Crippen molar-refractivity contribution >= 4 is 11.8 Å². The van der Waals surface area contributed by atoms with Crippen molar-refractivity contribution in [2.75, 3.05) is 19.6 Å². The number of carbonyl (C=O) groups is 2. The Balaban J connectivity index is 1.37. The monoisotopic (exact) mass is 370 g/mol. The number of amides is 2. The maximum Gasteiger partial charge on any atom is 0.270 e. The normalized spacial score (nSPS) is 18.2. The lowest BCUT2D eigenvalue weighted by Crippen LogP contribution is -2.41. The summed E-state index contributed by atoms with van der Waals surface area (Å²) in [6.07, 6.45) is 4.65. The molecule has 1 aromatic heterocycles. The summed E-state index contributed by atoms with van der Waals surface area (Å²) < 4.78 is 13.9. The highest BCUT2D eigenvalue weighted by molar-refractivity contribution is 6.21. The predicted octanol–water partition coefficient (Wildman–Crippen LogP) is 1.42. The molecule has 0 radical (unpaired) electrons. The van der Waals surface area contributed by atoms with Gasteiger partial charge in [0.1, 0.15) is 11.5 Å². The van der Waals surface area contributed by atoms with Gasteiger partial charge in [0.15, 0.2) is 0 Å². The smallest absolute Gasteiger partial charge is 0.270 e. The van der Waals surface area contributed by atoms with Gasteiger partial charge in [-0.2, -0.15) is 0 Å². The molecule has 7 nitrogen and oxygen atoms in total. The Morgan fingerprint density at radius 1 is 1.15 bits per heavy atom. The molecule has 0 atom stereocenters. The van der Waals surface area contributed by atoms with E-state index in [2.05, 4.69) is 14.9 Å². The van der Waals surface area contributed by atoms with E-state index in [-0.39, 0.29) is 22.6 Å². The Labute approximate surface area is 154 Å². The molecule has 4 rings (SSSR count). The number of hydrogen-bond donors (Lipinski definition) is 1. The Bertz CT molecular complexity index is 950. The van der Waals surface area contributed by atoms with Crippen LogP contribution < -0.4 is 5.56 Å². The van der Waals surface area contributed by atoms with Gasteiger partial charge in [0.05, 0.1) is 11.1 Å². The van der Waals surface area contributed by atoms with E-state index in [0.717, 1.165) is 30.8 Å². The molecule has 2 aliphatic heterocycles. The fourth-order valence-corrected chi connectivity index (χ4v) is 3.75. The molecule has 27 heavy (non-hydrogen) atoms. The fourth-order valence-electron chi connectivity index (χ4n) is 3.75. The molecule has 1 aromatic carbocycles. The van der Waals surface area contributed by atoms with E-state index in [1.54, 1.807) is 6.20 Å². The molecular formula is C19H19FN4O3. The van der Waals surface area contributed by atoms with Crippen molar-refractivity contribution in [1.29, 1.82) is 0 Å². The van der Waals surface area contributed by atoms with Crippen LogP contribution in [0.2, 0.25) is 0 Å². The summed E-state index contributed by atoms with van der Waals surface area (Å²) in [6, 6.07) is 4.14. The first-order valence-electron chi connectivity index (χ1n) is 8.94. The van der Waals surface area contributed by atoms with Gasteiger partial charge in [-0.15, -0.1) is 0 Å². The molecule has 0 unspecified atom stereocenters. The van der Waals surface area contributed by atoms with Crippen LogP contribution in [0, 0.1) is 11.7 Å². The van der Waals surface area contributed by atoms with E-state index in [0.29, 0.717) is 18.8 Å². The summed E-state index contributed by atoms with van der Waals surface area (Å²) in [6.45, 7) is 2.27. The molecule has 2 amide bonds. The van der Waals surface area contributed by atoms with Gasteiger partial charge in [-0.1, -0.05) is 6.07 Å². The lowest BCUT2D eigenvalue weighted by Gasteiger charge is -2.33. The SMILES string of the molecule is O=C1c2cccc(F)c2C(=O)N1CC1CCN(Cc2ncc[nH]c2=O)CC1. The second kappa shape index (κ2) is 7.03. The van der Waals surface area contributed by atoms with Crippen LogP contribution in [0.1, 0.15) is 39.3 Å². The van der Waals surface area contributed by atoms with Gasteiger partial charge in [-0.25, -0.2) is 4.39 Å². The number of nitrogens with one attached hydrogen (secondary N) is 1. The van der Waals surface area contributed by atoms with E-state index in [1.807, 2.05) is 0 Å². The minimum Gasteiger partial charge on any atom is -0.326 e. The van der Waals surface area contributed by atoms with Crippen LogP contribution in [0.25, 0.3) is 0 Å². The van der Waals surface area contributed by atoms with E-state index < -0.39 is 17.6 Å². The van der Waals surface area contributed by atoms with Crippen LogP contribution in [-0.4, -0.2) is 51.2 Å². The van der Waals surface area contributed by atoms with Gasteiger partial charge in [0.25, 0.3) is 17.4 Å². The van der Waals surface area contributed by atoms with Crippen molar-refractivity contribution in [2.24, 2.45) is 5.92 Å². The number of aromatic nitrogens is 2. The van der Waals surface area contributed by atoms with E-state index in [1.165, 1.54) is 24.4 Å². The first kappa shape index (κ1) is 17.5. The summed E-state index contributed by atoms with van der Waals surface area (Å²) in [5.74, 6) is -1.45. The zero-order chi connectivity index (χ0) is 19.0. The van der Waals surface area contributed by atoms with Gasteiger partial charge in [-0.3, -0.25) is 29.2 Å². The highest BCUT2D eigenvalue weighted by Crippen LogP contribution is 2.28. The Morgan fingerprint density at radius 2 is 1.93 bits per heavy atom. The quantitative estimate of drug-likeness (QED) is 0.823. The molecule has 0 bridgehead atoms. The van der Waals surface area contributed by atoms with Gasteiger partial charge in [0.2, 0.25) is 0 Å². The third-order valence-corrected chi connectivity index (χ3v) is 5.25. The van der Waals surface area contributed by atoms with E-state index in [9.17, 15) is 18.8 Å². The number of hydrogen-bond acceptors (Lipinski definition) is 5. The summed E-state index contributed by atoms with van der Waals surface area (Å²) >= 11 is 0. The van der Waals surface area contributed by atoms with Crippen molar-refractivity contribution in [1.82, 2.24) is 19.8 Å². The first-order chi connectivity index (χ1) is 13.0. The van der Waals surface area contributed by atoms with E-state index >= 15 is 0 Å². The molecule has 140 valence electrons. The van der Waals surface area contributed by atoms with Crippen molar-refractivity contribution in [2.45, 2.75) is 19.4 Å². The molecule has 2 aliphatic rings. The standard InChI is InChI=1S/C19H19FN4O3/c20-14-3-1-2-13-16(14)19(27)24(18(13)26)10-12-4-8-23(9-5-12)11-15-17(25)22-7-6-21-15/h1-3,6-7,12H,4-5,8-11H2,(H,22,25). The van der Waals surface area contributed by atoms with E-state index in [4.69, 9.17) is 0 Å². The third-order valence-electron chi connectivity index (χ3n) is 5.25. The minimum absolute atomic E-state index is 0.116. The zero-order valence-corrected chi connectivity index (χ0v) is 14.7. The Morgan fingerprint density at radius 3 is 2.63 bits per heavy atom. The van der Waals surface area contributed by atoms with Crippen LogP contribution >= 0.6 is 0 Å². The number of halogens is 1. The average molecular weight is 370 g/mol. The topological polar surface area (TPSA) is 86.4 Å². The molecule has 1 N–H and O–H groups in total. The number of likely N-dealkylation sites (tertiary alicyclic amines) is 1. The second-order valence-corrected chi connectivity index (χ2v) is 6.97. The molecule has 1 saturated heterocycles. The molecule has 8 heteroatoms. The number of imide groups is 1. The average Bonchev–Trinajstić information content (AvgIpc) is 2.91. The molecule has 2 aromatic rings. The Hall–Kier alpha value is -2.87. The predicted molar refractivity (Wildman–Crippen MR) is 94.6 cm³/mol. The molecule has 0 aliphatic carbocycles. The molecular weight excluding hydrogens is 351 g/mol. The van der Waals surface area contributed by atoms with Gasteiger partial charge in [-0.05, 0) is 44.0 Å². The number of H-pyrrole nitrogens is 1. The summed E-state index contributed by atoms with van der Waals surface area (Å²) in [4.78, 5) is 46.7. The lowest BCUT2D eigenvalue weighted by molar-refractivity contribution is 0.0595. The zero-order valence-electron chi connectivity index (χ0n) is 14.7. The summed E-state index contributed by atoms with van der Waals surface area (Å²) in [5.41, 5.74) is 0.320. The van der Waals surface area contributed by atoms with Gasteiger partial charge in [0, 0.05) is 25.5 Å². The van der Waals surface area contributed by atoms with Crippen LogP contribution in [0.4, 0.5) is 4.39 Å². The number of carbonyl (C=O) groups excluding carboxylic acids is 2. The largest absolute Gasteiger partial charge is 0.326 e. The molecule has 1 fully saturated rings. The fraction of sp³-hybridized carbons (Fsp3) is 0.368. The van der Waals surface area contributed by atoms with Gasteiger partial charge >= 0.3 is 0 Å².